The first kappa shape index (κ1) is 18.1. The Bertz CT molecular complexity index is 380. The Hall–Kier alpha value is -0.970. The van der Waals surface area contributed by atoms with Gasteiger partial charge in [-0.2, -0.15) is 4.37 Å². The number of ether oxygens (including phenoxy) is 1. The van der Waals surface area contributed by atoms with Crippen LogP contribution in [0.5, 0.6) is 5.75 Å². The minimum absolute atomic E-state index is 0.118. The number of unbranched alkanes of at least 4 members (excludes halogenated alkanes) is 7. The molecule has 0 aromatic carbocycles. The highest BCUT2D eigenvalue weighted by Gasteiger charge is 2.13. The molecule has 0 saturated heterocycles. The summed E-state index contributed by atoms with van der Waals surface area (Å²) < 4.78 is 9.87. The molecule has 0 saturated carbocycles. The van der Waals surface area contributed by atoms with Crippen molar-refractivity contribution in [2.24, 2.45) is 0 Å². The number of rotatable bonds is 12. The molecule has 1 aromatic heterocycles. The summed E-state index contributed by atoms with van der Waals surface area (Å²) in [5.41, 5.74) is 5.83. The Morgan fingerprint density at radius 1 is 1.10 bits per heavy atom. The van der Waals surface area contributed by atoms with E-state index in [1.165, 1.54) is 62.9 Å². The van der Waals surface area contributed by atoms with Crippen LogP contribution in [-0.2, 0) is 0 Å². The first-order valence-electron chi connectivity index (χ1n) is 8.30. The second kappa shape index (κ2) is 10.7. The molecule has 0 unspecified atom stereocenters. The average molecular weight is 314 g/mol. The smallest absolute Gasteiger partial charge is 0.197 e. The average Bonchev–Trinajstić information content (AvgIpc) is 2.78. The fourth-order valence-corrected chi connectivity index (χ4v) is 2.89. The largest absolute Gasteiger partial charge is 0.484 e. The van der Waals surface area contributed by atoms with Crippen molar-refractivity contribution < 1.29 is 4.74 Å². The van der Waals surface area contributed by atoms with Gasteiger partial charge in [-0.05, 0) is 31.8 Å². The van der Waals surface area contributed by atoms with Crippen LogP contribution in [0.3, 0.4) is 0 Å². The zero-order valence-corrected chi connectivity index (χ0v) is 14.6. The van der Waals surface area contributed by atoms with E-state index in [0.717, 1.165) is 17.3 Å². The maximum absolute atomic E-state index is 5.83. The monoisotopic (exact) mass is 313 g/mol. The molecule has 0 bridgehead atoms. The van der Waals surface area contributed by atoms with E-state index in [9.17, 15) is 0 Å². The zero-order valence-electron chi connectivity index (χ0n) is 13.8. The lowest BCUT2D eigenvalue weighted by atomic mass is 10.1. The molecular weight excluding hydrogens is 282 g/mol. The molecule has 1 aromatic rings. The predicted molar refractivity (Wildman–Crippen MR) is 93.4 cm³/mol. The first-order valence-corrected chi connectivity index (χ1v) is 9.08. The molecular formula is C16H31N3OS. The van der Waals surface area contributed by atoms with Crippen molar-refractivity contribution in [3.63, 3.8) is 0 Å². The van der Waals surface area contributed by atoms with Crippen molar-refractivity contribution in [1.82, 2.24) is 4.37 Å². The molecule has 3 N–H and O–H groups in total. The number of aromatic nitrogens is 1. The van der Waals surface area contributed by atoms with Crippen LogP contribution in [0.4, 0.5) is 10.8 Å². The summed E-state index contributed by atoms with van der Waals surface area (Å²) in [6.45, 7) is 7.22. The van der Waals surface area contributed by atoms with Crippen LogP contribution in [0, 0.1) is 0 Å². The van der Waals surface area contributed by atoms with Gasteiger partial charge < -0.3 is 15.8 Å². The van der Waals surface area contributed by atoms with Gasteiger partial charge in [-0.3, -0.25) is 0 Å². The third kappa shape index (κ3) is 7.55. The van der Waals surface area contributed by atoms with E-state index in [1.807, 2.05) is 13.8 Å². The van der Waals surface area contributed by atoms with Gasteiger partial charge in [-0.25, -0.2) is 0 Å². The molecule has 122 valence electrons. The lowest BCUT2D eigenvalue weighted by molar-refractivity contribution is 0.245. The maximum Gasteiger partial charge on any atom is 0.197 e. The Morgan fingerprint density at radius 2 is 1.71 bits per heavy atom. The molecule has 5 heteroatoms. The summed E-state index contributed by atoms with van der Waals surface area (Å²) in [6.07, 6.45) is 10.8. The van der Waals surface area contributed by atoms with Crippen molar-refractivity contribution in [3.8, 4) is 5.75 Å². The van der Waals surface area contributed by atoms with Crippen LogP contribution in [0.2, 0.25) is 0 Å². The third-order valence-electron chi connectivity index (χ3n) is 3.34. The van der Waals surface area contributed by atoms with Gasteiger partial charge in [0.2, 0.25) is 0 Å². The van der Waals surface area contributed by atoms with Gasteiger partial charge in [0.15, 0.2) is 16.6 Å². The lowest BCUT2D eigenvalue weighted by Gasteiger charge is -2.11. The van der Waals surface area contributed by atoms with E-state index >= 15 is 0 Å². The second-order valence-electron chi connectivity index (χ2n) is 5.79. The van der Waals surface area contributed by atoms with Crippen molar-refractivity contribution in [2.75, 3.05) is 17.6 Å². The minimum Gasteiger partial charge on any atom is -0.484 e. The highest BCUT2D eigenvalue weighted by molar-refractivity contribution is 7.11. The van der Waals surface area contributed by atoms with Gasteiger partial charge in [-0.1, -0.05) is 51.9 Å². The summed E-state index contributed by atoms with van der Waals surface area (Å²) in [7, 11) is 0. The lowest BCUT2D eigenvalue weighted by Crippen LogP contribution is -2.09. The molecule has 0 aliphatic heterocycles. The summed E-state index contributed by atoms with van der Waals surface area (Å²) in [6, 6.07) is 0. The van der Waals surface area contributed by atoms with Crippen molar-refractivity contribution in [3.05, 3.63) is 0 Å². The van der Waals surface area contributed by atoms with Gasteiger partial charge in [0.25, 0.3) is 0 Å². The number of nitrogen functional groups attached to an aromatic ring is 1. The van der Waals surface area contributed by atoms with Gasteiger partial charge in [0.1, 0.15) is 0 Å². The first-order chi connectivity index (χ1) is 10.1. The molecule has 0 aliphatic carbocycles. The van der Waals surface area contributed by atoms with E-state index in [0.29, 0.717) is 5.82 Å². The molecule has 0 amide bonds. The van der Waals surface area contributed by atoms with Crippen LogP contribution in [0.1, 0.15) is 72.1 Å². The molecule has 0 atom stereocenters. The molecule has 1 heterocycles. The maximum atomic E-state index is 5.83. The SMILES string of the molecule is CCCCCCCCCCNc1snc(N)c1OC(C)C. The van der Waals surface area contributed by atoms with Gasteiger partial charge >= 0.3 is 0 Å². The highest BCUT2D eigenvalue weighted by Crippen LogP contribution is 2.35. The van der Waals surface area contributed by atoms with E-state index < -0.39 is 0 Å². The Balaban J connectivity index is 2.13. The molecule has 0 aliphatic rings. The van der Waals surface area contributed by atoms with Crippen LogP contribution < -0.4 is 15.8 Å². The van der Waals surface area contributed by atoms with Crippen LogP contribution in [0.15, 0.2) is 0 Å². The topological polar surface area (TPSA) is 60.2 Å². The van der Waals surface area contributed by atoms with Gasteiger partial charge in [-0.15, -0.1) is 0 Å². The van der Waals surface area contributed by atoms with E-state index in [2.05, 4.69) is 16.6 Å². The number of anilines is 2. The van der Waals surface area contributed by atoms with Crippen LogP contribution in [0.25, 0.3) is 0 Å². The van der Waals surface area contributed by atoms with E-state index in [-0.39, 0.29) is 6.10 Å². The van der Waals surface area contributed by atoms with Crippen LogP contribution in [-0.4, -0.2) is 17.0 Å². The minimum atomic E-state index is 0.118. The van der Waals surface area contributed by atoms with Crippen molar-refractivity contribution in [1.29, 1.82) is 0 Å². The number of nitrogens with zero attached hydrogens (tertiary/aromatic N) is 1. The Labute approximate surface area is 133 Å². The summed E-state index contributed by atoms with van der Waals surface area (Å²) in [4.78, 5) is 0. The van der Waals surface area contributed by atoms with Crippen molar-refractivity contribution in [2.45, 2.75) is 78.2 Å². The molecule has 0 fully saturated rings. The fraction of sp³-hybridized carbons (Fsp3) is 0.812. The van der Waals surface area contributed by atoms with E-state index in [1.54, 1.807) is 0 Å². The molecule has 0 radical (unpaired) electrons. The number of nitrogens with two attached hydrogens (primary N) is 1. The Kier molecular flexibility index (Phi) is 9.22. The molecule has 1 rings (SSSR count). The van der Waals surface area contributed by atoms with Crippen LogP contribution >= 0.6 is 11.5 Å². The quantitative estimate of drug-likeness (QED) is 0.529. The Morgan fingerprint density at radius 3 is 2.33 bits per heavy atom. The molecule has 21 heavy (non-hydrogen) atoms. The summed E-state index contributed by atoms with van der Waals surface area (Å²) in [5.74, 6) is 1.21. The van der Waals surface area contributed by atoms with Gasteiger partial charge in [0.05, 0.1) is 6.10 Å². The van der Waals surface area contributed by atoms with E-state index in [4.69, 9.17) is 10.5 Å². The molecule has 0 spiro atoms. The number of hydrogen-bond donors (Lipinski definition) is 2. The van der Waals surface area contributed by atoms with Gasteiger partial charge in [0, 0.05) is 6.54 Å². The number of hydrogen-bond acceptors (Lipinski definition) is 5. The highest BCUT2D eigenvalue weighted by atomic mass is 32.1. The second-order valence-corrected chi connectivity index (χ2v) is 6.57. The molecule has 4 nitrogen and oxygen atoms in total. The third-order valence-corrected chi connectivity index (χ3v) is 4.14. The normalized spacial score (nSPS) is 11.0. The summed E-state index contributed by atoms with van der Waals surface area (Å²) in [5, 5.41) is 4.36. The number of nitrogens with one attached hydrogen (secondary N) is 1. The van der Waals surface area contributed by atoms with Crippen molar-refractivity contribution >= 4 is 22.4 Å². The summed E-state index contributed by atoms with van der Waals surface area (Å²) >= 11 is 1.38. The fourth-order valence-electron chi connectivity index (χ4n) is 2.22. The predicted octanol–water partition coefficient (Wildman–Crippen LogP) is 5.07. The standard InChI is InChI=1S/C16H31N3OS/c1-4-5-6-7-8-9-10-11-12-18-16-14(20-13(2)3)15(17)19-21-16/h13,18H,4-12H2,1-3H3,(H2,17,19). The zero-order chi connectivity index (χ0) is 15.5.